The van der Waals surface area contributed by atoms with Crippen molar-refractivity contribution in [2.45, 2.75) is 26.4 Å². The molecule has 0 aliphatic heterocycles. The Balaban J connectivity index is 1.77. The SMILES string of the molecule is CC(C)N(Cc1cccc(Oc2ccccc2)c1)C(=O)c1ccc([N+](=O)[O-])cc1. The lowest BCUT2D eigenvalue weighted by Crippen LogP contribution is -2.36. The molecule has 0 N–H and O–H groups in total. The van der Waals surface area contributed by atoms with Crippen molar-refractivity contribution in [3.05, 3.63) is 100 Å². The van der Waals surface area contributed by atoms with Gasteiger partial charge in [0.2, 0.25) is 0 Å². The second-order valence-electron chi connectivity index (χ2n) is 6.89. The van der Waals surface area contributed by atoms with E-state index in [-0.39, 0.29) is 17.6 Å². The number of carbonyl (C=O) groups is 1. The number of ether oxygens (including phenoxy) is 1. The van der Waals surface area contributed by atoms with E-state index in [0.29, 0.717) is 17.9 Å². The number of para-hydroxylation sites is 1. The van der Waals surface area contributed by atoms with Gasteiger partial charge in [0.25, 0.3) is 11.6 Å². The molecule has 0 aliphatic rings. The van der Waals surface area contributed by atoms with Gasteiger partial charge in [0, 0.05) is 30.3 Å². The molecule has 0 unspecified atom stereocenters. The molecule has 148 valence electrons. The maximum absolute atomic E-state index is 13.0. The molecule has 0 aromatic heterocycles. The minimum Gasteiger partial charge on any atom is -0.457 e. The van der Waals surface area contributed by atoms with E-state index in [9.17, 15) is 14.9 Å². The minimum absolute atomic E-state index is 0.0385. The van der Waals surface area contributed by atoms with Gasteiger partial charge in [0.1, 0.15) is 11.5 Å². The number of hydrogen-bond donors (Lipinski definition) is 0. The van der Waals surface area contributed by atoms with Gasteiger partial charge in [0.05, 0.1) is 4.92 Å². The van der Waals surface area contributed by atoms with E-state index >= 15 is 0 Å². The van der Waals surface area contributed by atoms with Gasteiger partial charge in [-0.05, 0) is 55.8 Å². The molecule has 3 aromatic rings. The van der Waals surface area contributed by atoms with Crippen molar-refractivity contribution in [3.63, 3.8) is 0 Å². The Kier molecular flexibility index (Phi) is 6.24. The molecule has 0 bridgehead atoms. The van der Waals surface area contributed by atoms with E-state index in [1.165, 1.54) is 24.3 Å². The highest BCUT2D eigenvalue weighted by atomic mass is 16.6. The smallest absolute Gasteiger partial charge is 0.269 e. The van der Waals surface area contributed by atoms with Crippen LogP contribution < -0.4 is 4.74 Å². The van der Waals surface area contributed by atoms with Crippen molar-refractivity contribution in [1.82, 2.24) is 4.90 Å². The Hall–Kier alpha value is -3.67. The summed E-state index contributed by atoms with van der Waals surface area (Å²) in [6, 6.07) is 22.7. The molecule has 3 aromatic carbocycles. The maximum Gasteiger partial charge on any atom is 0.269 e. The third-order valence-corrected chi connectivity index (χ3v) is 4.44. The van der Waals surface area contributed by atoms with Crippen LogP contribution in [0.3, 0.4) is 0 Å². The van der Waals surface area contributed by atoms with Gasteiger partial charge >= 0.3 is 0 Å². The van der Waals surface area contributed by atoms with Crippen LogP contribution in [0.5, 0.6) is 11.5 Å². The minimum atomic E-state index is -0.479. The van der Waals surface area contributed by atoms with Crippen LogP contribution in [-0.2, 0) is 6.54 Å². The molecule has 0 heterocycles. The highest BCUT2D eigenvalue weighted by Gasteiger charge is 2.20. The lowest BCUT2D eigenvalue weighted by atomic mass is 10.1. The van der Waals surface area contributed by atoms with Gasteiger partial charge in [-0.1, -0.05) is 30.3 Å². The van der Waals surface area contributed by atoms with E-state index in [4.69, 9.17) is 4.74 Å². The van der Waals surface area contributed by atoms with Gasteiger partial charge < -0.3 is 9.64 Å². The lowest BCUT2D eigenvalue weighted by molar-refractivity contribution is -0.384. The van der Waals surface area contributed by atoms with Crippen molar-refractivity contribution in [2.24, 2.45) is 0 Å². The van der Waals surface area contributed by atoms with Crippen molar-refractivity contribution < 1.29 is 14.5 Å². The quantitative estimate of drug-likeness (QED) is 0.398. The average Bonchev–Trinajstić information content (AvgIpc) is 2.72. The standard InChI is InChI=1S/C23H22N2O4/c1-17(2)24(23(26)19-11-13-20(14-12-19)25(27)28)16-18-7-6-10-22(15-18)29-21-8-4-3-5-9-21/h3-15,17H,16H2,1-2H3. The fourth-order valence-electron chi connectivity index (χ4n) is 2.91. The number of amides is 1. The summed E-state index contributed by atoms with van der Waals surface area (Å²) in [4.78, 5) is 25.0. The second kappa shape index (κ2) is 9.01. The second-order valence-corrected chi connectivity index (χ2v) is 6.89. The van der Waals surface area contributed by atoms with Crippen molar-refractivity contribution >= 4 is 11.6 Å². The van der Waals surface area contributed by atoms with Crippen LogP contribution in [0.1, 0.15) is 29.8 Å². The van der Waals surface area contributed by atoms with Gasteiger partial charge in [-0.2, -0.15) is 0 Å². The number of nitrogens with zero attached hydrogens (tertiary/aromatic N) is 2. The molecule has 0 atom stereocenters. The Labute approximate surface area is 169 Å². The molecule has 6 heteroatoms. The zero-order chi connectivity index (χ0) is 20.8. The summed E-state index contributed by atoms with van der Waals surface area (Å²) >= 11 is 0. The summed E-state index contributed by atoms with van der Waals surface area (Å²) in [5, 5.41) is 10.8. The predicted molar refractivity (Wildman–Crippen MR) is 111 cm³/mol. The molecular weight excluding hydrogens is 368 g/mol. The number of hydrogen-bond acceptors (Lipinski definition) is 4. The molecule has 0 fully saturated rings. The number of nitro benzene ring substituents is 1. The zero-order valence-electron chi connectivity index (χ0n) is 16.3. The molecule has 6 nitrogen and oxygen atoms in total. The molecular formula is C23H22N2O4. The van der Waals surface area contributed by atoms with Crippen LogP contribution in [0.25, 0.3) is 0 Å². The molecule has 0 radical (unpaired) electrons. The number of benzene rings is 3. The van der Waals surface area contributed by atoms with E-state index in [0.717, 1.165) is 11.3 Å². The molecule has 0 saturated carbocycles. The maximum atomic E-state index is 13.0. The Bertz CT molecular complexity index is 985. The largest absolute Gasteiger partial charge is 0.457 e. The first-order chi connectivity index (χ1) is 13.9. The highest BCUT2D eigenvalue weighted by Crippen LogP contribution is 2.23. The van der Waals surface area contributed by atoms with E-state index < -0.39 is 4.92 Å². The zero-order valence-corrected chi connectivity index (χ0v) is 16.3. The summed E-state index contributed by atoms with van der Waals surface area (Å²) < 4.78 is 5.87. The Morgan fingerprint density at radius 3 is 2.24 bits per heavy atom. The number of rotatable bonds is 7. The predicted octanol–water partition coefficient (Wildman–Crippen LogP) is 5.44. The molecule has 3 rings (SSSR count). The van der Waals surface area contributed by atoms with Gasteiger partial charge in [0.15, 0.2) is 0 Å². The summed E-state index contributed by atoms with van der Waals surface area (Å²) in [5.41, 5.74) is 1.31. The third kappa shape index (κ3) is 5.19. The third-order valence-electron chi connectivity index (χ3n) is 4.44. The molecule has 0 saturated heterocycles. The van der Waals surface area contributed by atoms with Crippen LogP contribution in [-0.4, -0.2) is 21.8 Å². The summed E-state index contributed by atoms with van der Waals surface area (Å²) in [5.74, 6) is 1.26. The molecule has 29 heavy (non-hydrogen) atoms. The monoisotopic (exact) mass is 390 g/mol. The topological polar surface area (TPSA) is 72.7 Å². The first kappa shape index (κ1) is 20.1. The van der Waals surface area contributed by atoms with Crippen LogP contribution >= 0.6 is 0 Å². The summed E-state index contributed by atoms with van der Waals surface area (Å²) in [6.45, 7) is 4.28. The van der Waals surface area contributed by atoms with E-state index in [2.05, 4.69) is 0 Å². The molecule has 0 spiro atoms. The first-order valence-electron chi connectivity index (χ1n) is 9.31. The van der Waals surface area contributed by atoms with E-state index in [1.54, 1.807) is 4.90 Å². The number of nitro groups is 1. The van der Waals surface area contributed by atoms with Gasteiger partial charge in [-0.25, -0.2) is 0 Å². The Morgan fingerprint density at radius 1 is 0.966 bits per heavy atom. The molecule has 1 amide bonds. The molecule has 0 aliphatic carbocycles. The fraction of sp³-hybridized carbons (Fsp3) is 0.174. The fourth-order valence-corrected chi connectivity index (χ4v) is 2.91. The lowest BCUT2D eigenvalue weighted by Gasteiger charge is -2.27. The van der Waals surface area contributed by atoms with Crippen LogP contribution in [0.15, 0.2) is 78.9 Å². The first-order valence-corrected chi connectivity index (χ1v) is 9.31. The van der Waals surface area contributed by atoms with Crippen LogP contribution in [0.2, 0.25) is 0 Å². The average molecular weight is 390 g/mol. The number of non-ortho nitro benzene ring substituents is 1. The highest BCUT2D eigenvalue weighted by molar-refractivity contribution is 5.94. The van der Waals surface area contributed by atoms with Crippen molar-refractivity contribution in [3.8, 4) is 11.5 Å². The summed E-state index contributed by atoms with van der Waals surface area (Å²) in [7, 11) is 0. The van der Waals surface area contributed by atoms with Crippen molar-refractivity contribution in [1.29, 1.82) is 0 Å². The van der Waals surface area contributed by atoms with Crippen LogP contribution in [0, 0.1) is 10.1 Å². The van der Waals surface area contributed by atoms with Crippen molar-refractivity contribution in [2.75, 3.05) is 0 Å². The summed E-state index contributed by atoms with van der Waals surface area (Å²) in [6.07, 6.45) is 0. The Morgan fingerprint density at radius 2 is 1.62 bits per heavy atom. The van der Waals surface area contributed by atoms with Crippen LogP contribution in [0.4, 0.5) is 5.69 Å². The van der Waals surface area contributed by atoms with E-state index in [1.807, 2.05) is 68.4 Å². The normalized spacial score (nSPS) is 10.6. The number of carbonyl (C=O) groups excluding carboxylic acids is 1. The van der Waals surface area contributed by atoms with Gasteiger partial charge in [-0.15, -0.1) is 0 Å². The van der Waals surface area contributed by atoms with Gasteiger partial charge in [-0.3, -0.25) is 14.9 Å².